The molecule has 0 spiro atoms. The Balaban J connectivity index is 0.00000243. The monoisotopic (exact) mass is 471 g/mol. The van der Waals surface area contributed by atoms with Crippen LogP contribution >= 0.6 is 24.0 Å². The molecule has 0 bridgehead atoms. The Morgan fingerprint density at radius 3 is 2.65 bits per heavy atom. The lowest BCUT2D eigenvalue weighted by atomic mass is 9.87. The van der Waals surface area contributed by atoms with Gasteiger partial charge in [-0.05, 0) is 69.1 Å². The van der Waals surface area contributed by atoms with Crippen molar-refractivity contribution in [3.63, 3.8) is 0 Å². The van der Waals surface area contributed by atoms with Gasteiger partial charge >= 0.3 is 0 Å². The van der Waals surface area contributed by atoms with E-state index in [0.29, 0.717) is 12.6 Å². The van der Waals surface area contributed by atoms with Crippen molar-refractivity contribution < 1.29 is 0 Å². The van der Waals surface area contributed by atoms with Crippen LogP contribution in [0.1, 0.15) is 57.9 Å². The number of hydrogen-bond acceptors (Lipinski definition) is 3. The molecule has 2 N–H and O–H groups in total. The topological polar surface area (TPSA) is 52.6 Å². The molecule has 1 aliphatic carbocycles. The lowest BCUT2D eigenvalue weighted by Gasteiger charge is -2.28. The third-order valence-electron chi connectivity index (χ3n) is 5.36. The highest BCUT2D eigenvalue weighted by molar-refractivity contribution is 14.0. The molecule has 0 aromatic carbocycles. The molecule has 3 rings (SSSR count). The third-order valence-corrected chi connectivity index (χ3v) is 5.36. The first-order valence-electron chi connectivity index (χ1n) is 9.99. The number of anilines is 1. The van der Waals surface area contributed by atoms with Crippen molar-refractivity contribution in [1.29, 1.82) is 0 Å². The van der Waals surface area contributed by atoms with Gasteiger partial charge in [0.25, 0.3) is 0 Å². The second-order valence-corrected chi connectivity index (χ2v) is 7.51. The minimum absolute atomic E-state index is 0. The smallest absolute Gasteiger partial charge is 0.191 e. The highest BCUT2D eigenvalue weighted by Gasteiger charge is 2.19. The predicted molar refractivity (Wildman–Crippen MR) is 120 cm³/mol. The van der Waals surface area contributed by atoms with Crippen LogP contribution in [0.4, 0.5) is 5.82 Å². The van der Waals surface area contributed by atoms with Crippen molar-refractivity contribution in [3.05, 3.63) is 23.9 Å². The first-order chi connectivity index (χ1) is 12.2. The Kier molecular flexibility index (Phi) is 8.95. The molecule has 26 heavy (non-hydrogen) atoms. The highest BCUT2D eigenvalue weighted by Crippen LogP contribution is 2.23. The van der Waals surface area contributed by atoms with E-state index in [4.69, 9.17) is 4.99 Å². The Labute approximate surface area is 175 Å². The zero-order chi connectivity index (χ0) is 17.5. The largest absolute Gasteiger partial charge is 0.357 e. The molecule has 1 aromatic heterocycles. The molecule has 146 valence electrons. The van der Waals surface area contributed by atoms with Gasteiger partial charge in [0.1, 0.15) is 5.82 Å². The molecule has 0 unspecified atom stereocenters. The molecule has 1 aromatic rings. The van der Waals surface area contributed by atoms with E-state index in [0.717, 1.165) is 37.3 Å². The molecule has 0 radical (unpaired) electrons. The fourth-order valence-electron chi connectivity index (χ4n) is 3.77. The van der Waals surface area contributed by atoms with Gasteiger partial charge in [-0.1, -0.05) is 6.92 Å². The number of rotatable bonds is 5. The maximum Gasteiger partial charge on any atom is 0.191 e. The van der Waals surface area contributed by atoms with E-state index in [1.807, 2.05) is 6.20 Å². The first-order valence-corrected chi connectivity index (χ1v) is 9.99. The van der Waals surface area contributed by atoms with Crippen LogP contribution in [0.2, 0.25) is 0 Å². The maximum atomic E-state index is 4.81. The summed E-state index contributed by atoms with van der Waals surface area (Å²) < 4.78 is 0. The minimum Gasteiger partial charge on any atom is -0.357 e. The minimum atomic E-state index is 0. The lowest BCUT2D eigenvalue weighted by molar-refractivity contribution is 0.329. The van der Waals surface area contributed by atoms with Crippen LogP contribution in [-0.4, -0.2) is 36.6 Å². The molecule has 6 heteroatoms. The number of nitrogens with zero attached hydrogens (tertiary/aromatic N) is 3. The number of guanidine groups is 1. The second-order valence-electron chi connectivity index (χ2n) is 7.51. The number of aliphatic imine (C=N–C) groups is 1. The zero-order valence-electron chi connectivity index (χ0n) is 16.2. The number of aromatic nitrogens is 1. The SMILES string of the molecule is CCNC(=NCc1ccnc(N2CCCC2)c1)NC1CCC(C)CC1.I. The lowest BCUT2D eigenvalue weighted by Crippen LogP contribution is -2.44. The summed E-state index contributed by atoms with van der Waals surface area (Å²) in [6.07, 6.45) is 9.61. The van der Waals surface area contributed by atoms with E-state index in [1.54, 1.807) is 0 Å². The first kappa shape index (κ1) is 21.3. The average Bonchev–Trinajstić information content (AvgIpc) is 3.17. The van der Waals surface area contributed by atoms with Crippen molar-refractivity contribution in [3.8, 4) is 0 Å². The van der Waals surface area contributed by atoms with Gasteiger partial charge in [-0.25, -0.2) is 9.98 Å². The predicted octanol–water partition coefficient (Wildman–Crippen LogP) is 3.93. The van der Waals surface area contributed by atoms with E-state index < -0.39 is 0 Å². The van der Waals surface area contributed by atoms with Gasteiger partial charge in [0, 0.05) is 31.9 Å². The summed E-state index contributed by atoms with van der Waals surface area (Å²) in [5.74, 6) is 2.92. The van der Waals surface area contributed by atoms with E-state index in [1.165, 1.54) is 44.1 Å². The Morgan fingerprint density at radius 2 is 1.96 bits per heavy atom. The summed E-state index contributed by atoms with van der Waals surface area (Å²) in [4.78, 5) is 11.7. The van der Waals surface area contributed by atoms with Crippen molar-refractivity contribution in [2.45, 2.75) is 65.0 Å². The fraction of sp³-hybridized carbons (Fsp3) is 0.700. The van der Waals surface area contributed by atoms with Crippen LogP contribution < -0.4 is 15.5 Å². The van der Waals surface area contributed by atoms with Gasteiger partial charge in [-0.2, -0.15) is 0 Å². The third kappa shape index (κ3) is 6.28. The molecular formula is C20H34IN5. The molecule has 5 nitrogen and oxygen atoms in total. The molecule has 2 fully saturated rings. The Hall–Kier alpha value is -1.05. The fourth-order valence-corrected chi connectivity index (χ4v) is 3.77. The number of pyridine rings is 1. The maximum absolute atomic E-state index is 4.81. The summed E-state index contributed by atoms with van der Waals surface area (Å²) in [5.41, 5.74) is 1.23. The molecule has 2 heterocycles. The number of hydrogen-bond donors (Lipinski definition) is 2. The average molecular weight is 471 g/mol. The second kappa shape index (κ2) is 10.9. The van der Waals surface area contributed by atoms with Crippen LogP contribution in [0.15, 0.2) is 23.3 Å². The summed E-state index contributed by atoms with van der Waals surface area (Å²) >= 11 is 0. The molecule has 1 aliphatic heterocycles. The number of nitrogens with one attached hydrogen (secondary N) is 2. The molecule has 1 saturated heterocycles. The van der Waals surface area contributed by atoms with E-state index in [-0.39, 0.29) is 24.0 Å². The molecule has 2 aliphatic rings. The van der Waals surface area contributed by atoms with Gasteiger partial charge in [0.05, 0.1) is 6.54 Å². The van der Waals surface area contributed by atoms with Crippen LogP contribution in [0.25, 0.3) is 0 Å². The Morgan fingerprint density at radius 1 is 1.23 bits per heavy atom. The van der Waals surface area contributed by atoms with Gasteiger partial charge in [-0.3, -0.25) is 0 Å². The molecule has 0 amide bonds. The normalized spacial score (nSPS) is 23.5. The summed E-state index contributed by atoms with van der Waals surface area (Å²) in [5, 5.41) is 7.02. The van der Waals surface area contributed by atoms with Gasteiger partial charge < -0.3 is 15.5 Å². The van der Waals surface area contributed by atoms with Crippen molar-refractivity contribution in [1.82, 2.24) is 15.6 Å². The summed E-state index contributed by atoms with van der Waals surface area (Å²) in [7, 11) is 0. The highest BCUT2D eigenvalue weighted by atomic mass is 127. The van der Waals surface area contributed by atoms with Crippen molar-refractivity contribution >= 4 is 35.8 Å². The van der Waals surface area contributed by atoms with Crippen molar-refractivity contribution in [2.24, 2.45) is 10.9 Å². The van der Waals surface area contributed by atoms with Gasteiger partial charge in [0.15, 0.2) is 5.96 Å². The van der Waals surface area contributed by atoms with Crippen LogP contribution in [-0.2, 0) is 6.54 Å². The molecule has 0 atom stereocenters. The van der Waals surface area contributed by atoms with E-state index >= 15 is 0 Å². The molecule has 1 saturated carbocycles. The van der Waals surface area contributed by atoms with Crippen molar-refractivity contribution in [2.75, 3.05) is 24.5 Å². The van der Waals surface area contributed by atoms with E-state index in [2.05, 4.69) is 46.5 Å². The Bertz CT molecular complexity index is 563. The van der Waals surface area contributed by atoms with Gasteiger partial charge in [0.2, 0.25) is 0 Å². The standard InChI is InChI=1S/C20H33N5.HI/c1-3-21-20(24-18-8-6-16(2)7-9-18)23-15-17-10-11-22-19(14-17)25-12-4-5-13-25;/h10-11,14,16,18H,3-9,12-13,15H2,1-2H3,(H2,21,23,24);1H. The summed E-state index contributed by atoms with van der Waals surface area (Å²) in [6.45, 7) is 8.33. The van der Waals surface area contributed by atoms with E-state index in [9.17, 15) is 0 Å². The van der Waals surface area contributed by atoms with Crippen LogP contribution in [0.5, 0.6) is 0 Å². The van der Waals surface area contributed by atoms with Crippen LogP contribution in [0, 0.1) is 5.92 Å². The number of halogens is 1. The quantitative estimate of drug-likeness (QED) is 0.388. The van der Waals surface area contributed by atoms with Gasteiger partial charge in [-0.15, -0.1) is 24.0 Å². The zero-order valence-corrected chi connectivity index (χ0v) is 18.5. The van der Waals surface area contributed by atoms with Crippen LogP contribution in [0.3, 0.4) is 0 Å². The molecular weight excluding hydrogens is 437 g/mol. The summed E-state index contributed by atoms with van der Waals surface area (Å²) in [6, 6.07) is 4.84.